The van der Waals surface area contributed by atoms with Gasteiger partial charge in [-0.25, -0.2) is 13.8 Å². The smallest absolute Gasteiger partial charge is 0.166 e. The second kappa shape index (κ2) is 7.90. The number of anilines is 1. The molecule has 2 aliphatic rings. The van der Waals surface area contributed by atoms with Crippen molar-refractivity contribution in [3.8, 4) is 28.1 Å². The van der Waals surface area contributed by atoms with Gasteiger partial charge in [0.1, 0.15) is 17.7 Å². The molecule has 6 nitrogen and oxygen atoms in total. The van der Waals surface area contributed by atoms with Crippen LogP contribution in [-0.2, 0) is 13.0 Å². The van der Waals surface area contributed by atoms with E-state index in [4.69, 9.17) is 10.5 Å². The highest BCUT2D eigenvalue weighted by molar-refractivity contribution is 5.73. The molecule has 172 valence electrons. The van der Waals surface area contributed by atoms with E-state index in [2.05, 4.69) is 15.1 Å². The molecule has 8 heteroatoms. The number of halogens is 2. The van der Waals surface area contributed by atoms with Gasteiger partial charge in [0.05, 0.1) is 23.8 Å². The highest BCUT2D eigenvalue weighted by Crippen LogP contribution is 2.39. The van der Waals surface area contributed by atoms with E-state index < -0.39 is 17.7 Å². The molecular formula is C26H23F2N5O. The van der Waals surface area contributed by atoms with Crippen molar-refractivity contribution in [2.24, 2.45) is 5.92 Å². The Morgan fingerprint density at radius 3 is 2.71 bits per heavy atom. The van der Waals surface area contributed by atoms with Crippen LogP contribution in [0.25, 0.3) is 22.4 Å². The van der Waals surface area contributed by atoms with Gasteiger partial charge in [-0.2, -0.15) is 5.10 Å². The van der Waals surface area contributed by atoms with Crippen LogP contribution >= 0.6 is 0 Å². The number of aromatic nitrogens is 4. The van der Waals surface area contributed by atoms with Gasteiger partial charge in [0.15, 0.2) is 11.6 Å². The maximum absolute atomic E-state index is 14.4. The summed E-state index contributed by atoms with van der Waals surface area (Å²) in [6.45, 7) is 2.63. The number of nitrogens with zero attached hydrogens (tertiary/aromatic N) is 4. The molecule has 4 heterocycles. The SMILES string of the molecule is CC1Oc2cc(cnc2N)-c2c(cnn2CC2CC2)Cc2ncc(F)cc2-c2ccc(F)cc21. The molecule has 0 radical (unpaired) electrons. The second-order valence-corrected chi connectivity index (χ2v) is 9.07. The molecule has 0 spiro atoms. The van der Waals surface area contributed by atoms with Crippen molar-refractivity contribution in [2.75, 3.05) is 5.73 Å². The van der Waals surface area contributed by atoms with Gasteiger partial charge < -0.3 is 10.5 Å². The summed E-state index contributed by atoms with van der Waals surface area (Å²) < 4.78 is 36.9. The molecule has 6 rings (SSSR count). The van der Waals surface area contributed by atoms with Gasteiger partial charge in [-0.05, 0) is 55.5 Å². The molecule has 34 heavy (non-hydrogen) atoms. The lowest BCUT2D eigenvalue weighted by Crippen LogP contribution is -2.11. The molecule has 1 unspecified atom stereocenters. The second-order valence-electron chi connectivity index (χ2n) is 9.07. The highest BCUT2D eigenvalue weighted by atomic mass is 19.1. The first-order valence-corrected chi connectivity index (χ1v) is 11.4. The molecule has 0 saturated heterocycles. The topological polar surface area (TPSA) is 78.9 Å². The maximum atomic E-state index is 14.4. The van der Waals surface area contributed by atoms with Gasteiger partial charge in [-0.1, -0.05) is 6.07 Å². The first kappa shape index (κ1) is 20.8. The van der Waals surface area contributed by atoms with Gasteiger partial charge in [0.2, 0.25) is 0 Å². The third kappa shape index (κ3) is 3.69. The van der Waals surface area contributed by atoms with E-state index in [0.717, 1.165) is 23.4 Å². The predicted molar refractivity (Wildman–Crippen MR) is 124 cm³/mol. The van der Waals surface area contributed by atoms with E-state index in [1.165, 1.54) is 37.2 Å². The Bertz CT molecular complexity index is 1410. The van der Waals surface area contributed by atoms with Crippen molar-refractivity contribution in [2.45, 2.75) is 38.8 Å². The fourth-order valence-electron chi connectivity index (χ4n) is 4.64. The van der Waals surface area contributed by atoms with Crippen LogP contribution in [0.5, 0.6) is 5.75 Å². The molecule has 2 N–H and O–H groups in total. The lowest BCUT2D eigenvalue weighted by atomic mass is 9.92. The molecule has 1 fully saturated rings. The van der Waals surface area contributed by atoms with E-state index in [1.54, 1.807) is 12.3 Å². The number of ether oxygens (including phenoxy) is 1. The Morgan fingerprint density at radius 2 is 1.88 bits per heavy atom. The van der Waals surface area contributed by atoms with Crippen LogP contribution in [0.4, 0.5) is 14.6 Å². The van der Waals surface area contributed by atoms with Crippen LogP contribution in [0.3, 0.4) is 0 Å². The van der Waals surface area contributed by atoms with Crippen molar-refractivity contribution in [3.05, 3.63) is 77.4 Å². The number of nitrogen functional groups attached to an aromatic ring is 1. The zero-order valence-corrected chi connectivity index (χ0v) is 18.6. The van der Waals surface area contributed by atoms with Gasteiger partial charge in [-0.15, -0.1) is 0 Å². The van der Waals surface area contributed by atoms with Gasteiger partial charge >= 0.3 is 0 Å². The fourth-order valence-corrected chi connectivity index (χ4v) is 4.64. The van der Waals surface area contributed by atoms with E-state index in [0.29, 0.717) is 40.5 Å². The van der Waals surface area contributed by atoms with Crippen LogP contribution in [0.15, 0.2) is 48.9 Å². The first-order valence-electron chi connectivity index (χ1n) is 11.4. The van der Waals surface area contributed by atoms with Gasteiger partial charge in [-0.3, -0.25) is 9.67 Å². The number of hydrogen-bond donors (Lipinski definition) is 1. The lowest BCUT2D eigenvalue weighted by Gasteiger charge is -2.22. The lowest BCUT2D eigenvalue weighted by molar-refractivity contribution is 0.227. The monoisotopic (exact) mass is 459 g/mol. The highest BCUT2D eigenvalue weighted by Gasteiger charge is 2.27. The summed E-state index contributed by atoms with van der Waals surface area (Å²) in [5.74, 6) is 0.398. The Morgan fingerprint density at radius 1 is 1.03 bits per heavy atom. The Hall–Kier alpha value is -3.81. The number of hydrogen-bond acceptors (Lipinski definition) is 5. The normalized spacial score (nSPS) is 17.0. The zero-order valence-electron chi connectivity index (χ0n) is 18.6. The largest absolute Gasteiger partial charge is 0.482 e. The van der Waals surface area contributed by atoms with Crippen molar-refractivity contribution in [3.63, 3.8) is 0 Å². The molecule has 0 amide bonds. The molecule has 1 atom stereocenters. The minimum Gasteiger partial charge on any atom is -0.482 e. The average Bonchev–Trinajstić information content (AvgIpc) is 3.55. The zero-order chi connectivity index (χ0) is 23.4. The average molecular weight is 460 g/mol. The Labute approximate surface area is 195 Å². The molecule has 1 aliphatic heterocycles. The Balaban J connectivity index is 1.61. The van der Waals surface area contributed by atoms with E-state index in [1.807, 2.05) is 23.9 Å². The van der Waals surface area contributed by atoms with Crippen LogP contribution in [0, 0.1) is 17.6 Å². The molecule has 4 aromatic rings. The van der Waals surface area contributed by atoms with Crippen LogP contribution in [0.2, 0.25) is 0 Å². The first-order chi connectivity index (χ1) is 16.5. The number of rotatable bonds is 2. The number of benzene rings is 1. The molecule has 3 aromatic heterocycles. The predicted octanol–water partition coefficient (Wildman–Crippen LogP) is 5.32. The fraction of sp³-hybridized carbons (Fsp3) is 0.269. The summed E-state index contributed by atoms with van der Waals surface area (Å²) in [7, 11) is 0. The minimum absolute atomic E-state index is 0.244. The van der Waals surface area contributed by atoms with Crippen molar-refractivity contribution >= 4 is 5.82 Å². The van der Waals surface area contributed by atoms with Crippen molar-refractivity contribution in [1.29, 1.82) is 0 Å². The molecule has 1 aromatic carbocycles. The quantitative estimate of drug-likeness (QED) is 0.439. The van der Waals surface area contributed by atoms with E-state index in [9.17, 15) is 8.78 Å². The summed E-state index contributed by atoms with van der Waals surface area (Å²) in [6.07, 6.45) is 7.01. The van der Waals surface area contributed by atoms with Crippen LogP contribution < -0.4 is 10.5 Å². The van der Waals surface area contributed by atoms with Crippen LogP contribution in [-0.4, -0.2) is 19.7 Å². The number of nitrogens with two attached hydrogens (primary N) is 1. The molecule has 2 bridgehead atoms. The van der Waals surface area contributed by atoms with Crippen molar-refractivity contribution in [1.82, 2.24) is 19.7 Å². The maximum Gasteiger partial charge on any atom is 0.166 e. The minimum atomic E-state index is -0.573. The van der Waals surface area contributed by atoms with Crippen LogP contribution in [0.1, 0.15) is 42.7 Å². The number of fused-ring (bicyclic) bond motifs is 7. The summed E-state index contributed by atoms with van der Waals surface area (Å²) >= 11 is 0. The molecule has 1 aliphatic carbocycles. The third-order valence-electron chi connectivity index (χ3n) is 6.54. The van der Waals surface area contributed by atoms with Crippen molar-refractivity contribution < 1.29 is 13.5 Å². The summed E-state index contributed by atoms with van der Waals surface area (Å²) in [5.41, 5.74) is 11.4. The summed E-state index contributed by atoms with van der Waals surface area (Å²) in [5, 5.41) is 4.67. The van der Waals surface area contributed by atoms with E-state index in [-0.39, 0.29) is 5.82 Å². The molecule has 1 saturated carbocycles. The third-order valence-corrected chi connectivity index (χ3v) is 6.54. The van der Waals surface area contributed by atoms with Gasteiger partial charge in [0, 0.05) is 41.4 Å². The molecular weight excluding hydrogens is 436 g/mol. The Kier molecular flexibility index (Phi) is 4.83. The van der Waals surface area contributed by atoms with Gasteiger partial charge in [0.25, 0.3) is 0 Å². The summed E-state index contributed by atoms with van der Waals surface area (Å²) in [6, 6.07) is 7.73. The summed E-state index contributed by atoms with van der Waals surface area (Å²) in [4.78, 5) is 8.82. The van der Waals surface area contributed by atoms with E-state index >= 15 is 0 Å². The number of pyridine rings is 2. The standard InChI is InChI=1S/C26H23F2N5O/c1-14-21-8-18(27)4-5-20(21)22-9-19(28)12-30-23(22)6-16-11-32-33(13-15-2-3-15)25(16)17-7-24(34-14)26(29)31-10-17/h4-5,7-12,14-15H,2-3,6,13H2,1H3,(H2,29,31).